The van der Waals surface area contributed by atoms with E-state index in [0.717, 1.165) is 11.3 Å². The highest BCUT2D eigenvalue weighted by Gasteiger charge is 2.21. The van der Waals surface area contributed by atoms with Crippen LogP contribution in [0.15, 0.2) is 41.7 Å². The van der Waals surface area contributed by atoms with Crippen LogP contribution in [-0.2, 0) is 10.5 Å². The summed E-state index contributed by atoms with van der Waals surface area (Å²) in [5.41, 5.74) is 0.969. The molecule has 0 bridgehead atoms. The third kappa shape index (κ3) is 3.95. The summed E-state index contributed by atoms with van der Waals surface area (Å²) in [6.45, 7) is -0.567. The van der Waals surface area contributed by atoms with Gasteiger partial charge in [0.2, 0.25) is 0 Å². The van der Waals surface area contributed by atoms with E-state index in [2.05, 4.69) is 15.4 Å². The quantitative estimate of drug-likeness (QED) is 0.521. The van der Waals surface area contributed by atoms with Crippen molar-refractivity contribution in [2.45, 2.75) is 10.8 Å². The molecule has 27 heavy (non-hydrogen) atoms. The molecule has 0 aliphatic heterocycles. The number of carboxylic acids is 1. The van der Waals surface area contributed by atoms with Crippen LogP contribution in [0.25, 0.3) is 5.65 Å². The second kappa shape index (κ2) is 7.96. The Morgan fingerprint density at radius 1 is 1.33 bits per heavy atom. The molecule has 1 aromatic carbocycles. The Labute approximate surface area is 158 Å². The molecule has 0 atom stereocenters. The highest BCUT2D eigenvalue weighted by Crippen LogP contribution is 2.32. The van der Waals surface area contributed by atoms with Crippen LogP contribution in [0.5, 0.6) is 11.5 Å². The lowest BCUT2D eigenvalue weighted by Gasteiger charge is -2.11. The molecule has 9 nitrogen and oxygen atoms in total. The molecule has 0 saturated heterocycles. The number of thioether (sulfide) groups is 1. The predicted molar refractivity (Wildman–Crippen MR) is 97.2 cm³/mol. The van der Waals surface area contributed by atoms with Gasteiger partial charge in [0.1, 0.15) is 35.0 Å². The molecule has 0 spiro atoms. The first-order valence-corrected chi connectivity index (χ1v) is 8.80. The fourth-order valence-corrected chi connectivity index (χ4v) is 3.47. The maximum absolute atomic E-state index is 12.2. The first-order chi connectivity index (χ1) is 13.0. The second-order valence-corrected chi connectivity index (χ2v) is 6.41. The third-order valence-corrected chi connectivity index (χ3v) is 4.73. The van der Waals surface area contributed by atoms with Crippen LogP contribution in [-0.4, -0.2) is 50.3 Å². The number of nitrogens with one attached hydrogen (secondary N) is 1. The summed E-state index contributed by atoms with van der Waals surface area (Å²) in [6.07, 6.45) is 1.26. The number of para-hydroxylation sites is 1. The van der Waals surface area contributed by atoms with Gasteiger partial charge in [-0.05, 0) is 6.07 Å². The van der Waals surface area contributed by atoms with Crippen molar-refractivity contribution in [3.05, 3.63) is 47.8 Å². The normalized spacial score (nSPS) is 10.7. The lowest BCUT2D eigenvalue weighted by atomic mass is 10.2. The molecule has 140 valence electrons. The predicted octanol–water partition coefficient (Wildman–Crippen LogP) is 1.55. The molecule has 0 saturated carbocycles. The van der Waals surface area contributed by atoms with Crippen LogP contribution in [0.2, 0.25) is 0 Å². The van der Waals surface area contributed by atoms with Crippen LogP contribution >= 0.6 is 11.8 Å². The molecule has 0 aliphatic carbocycles. The molecule has 10 heteroatoms. The molecular weight excluding hydrogens is 372 g/mol. The van der Waals surface area contributed by atoms with Crippen molar-refractivity contribution >= 4 is 29.3 Å². The van der Waals surface area contributed by atoms with E-state index in [1.807, 2.05) is 24.3 Å². The van der Waals surface area contributed by atoms with Gasteiger partial charge in [-0.2, -0.15) is 5.10 Å². The van der Waals surface area contributed by atoms with Gasteiger partial charge in [-0.25, -0.2) is 9.50 Å². The Bertz CT molecular complexity index is 1000. The van der Waals surface area contributed by atoms with Crippen molar-refractivity contribution in [3.8, 4) is 11.5 Å². The van der Waals surface area contributed by atoms with Gasteiger partial charge in [0.15, 0.2) is 5.65 Å². The largest absolute Gasteiger partial charge is 0.507 e. The summed E-state index contributed by atoms with van der Waals surface area (Å²) in [5.74, 6) is -0.948. The highest BCUT2D eigenvalue weighted by atomic mass is 32.2. The minimum absolute atomic E-state index is 0.129. The van der Waals surface area contributed by atoms with Crippen molar-refractivity contribution in [2.75, 3.05) is 13.7 Å². The summed E-state index contributed by atoms with van der Waals surface area (Å²) in [7, 11) is 1.59. The summed E-state index contributed by atoms with van der Waals surface area (Å²) in [5, 5.41) is 25.9. The Kier molecular flexibility index (Phi) is 5.46. The summed E-state index contributed by atoms with van der Waals surface area (Å²) in [4.78, 5) is 26.9. The number of pyridine rings is 1. The maximum Gasteiger partial charge on any atom is 0.322 e. The fraction of sp³-hybridized carbons (Fsp3) is 0.176. The molecule has 0 unspecified atom stereocenters. The zero-order valence-electron chi connectivity index (χ0n) is 14.2. The van der Waals surface area contributed by atoms with Crippen molar-refractivity contribution < 1.29 is 24.5 Å². The SMILES string of the molecule is COc1ccccc1CSc1cc(O)c(C(=O)NCC(=O)O)c2ncnn12. The number of hydrogen-bond acceptors (Lipinski definition) is 7. The molecular formula is C17H16N4O5S. The van der Waals surface area contributed by atoms with Crippen LogP contribution in [0.3, 0.4) is 0 Å². The average Bonchev–Trinajstić information content (AvgIpc) is 3.13. The number of carbonyl (C=O) groups excluding carboxylic acids is 1. The fourth-order valence-electron chi connectivity index (χ4n) is 2.48. The van der Waals surface area contributed by atoms with E-state index in [4.69, 9.17) is 9.84 Å². The van der Waals surface area contributed by atoms with Crippen molar-refractivity contribution in [2.24, 2.45) is 0 Å². The maximum atomic E-state index is 12.2. The number of nitrogens with zero attached hydrogens (tertiary/aromatic N) is 3. The molecule has 0 fully saturated rings. The summed E-state index contributed by atoms with van der Waals surface area (Å²) >= 11 is 1.38. The number of aromatic hydroxyl groups is 1. The smallest absolute Gasteiger partial charge is 0.322 e. The molecule has 2 aromatic heterocycles. The van der Waals surface area contributed by atoms with E-state index in [9.17, 15) is 14.7 Å². The van der Waals surface area contributed by atoms with Gasteiger partial charge in [0, 0.05) is 17.4 Å². The number of rotatable bonds is 7. The average molecular weight is 388 g/mol. The second-order valence-electron chi connectivity index (χ2n) is 5.42. The number of benzene rings is 1. The minimum atomic E-state index is -1.19. The van der Waals surface area contributed by atoms with Crippen LogP contribution < -0.4 is 10.1 Å². The van der Waals surface area contributed by atoms with Gasteiger partial charge in [-0.3, -0.25) is 9.59 Å². The monoisotopic (exact) mass is 388 g/mol. The van der Waals surface area contributed by atoms with E-state index in [0.29, 0.717) is 10.8 Å². The van der Waals surface area contributed by atoms with E-state index < -0.39 is 18.4 Å². The van der Waals surface area contributed by atoms with E-state index in [1.54, 1.807) is 7.11 Å². The third-order valence-electron chi connectivity index (χ3n) is 3.69. The van der Waals surface area contributed by atoms with E-state index in [-0.39, 0.29) is 17.0 Å². The Hall–Kier alpha value is -3.27. The zero-order chi connectivity index (χ0) is 19.4. The molecule has 1 amide bonds. The van der Waals surface area contributed by atoms with E-state index >= 15 is 0 Å². The Balaban J connectivity index is 1.90. The number of carbonyl (C=O) groups is 2. The van der Waals surface area contributed by atoms with Crippen molar-refractivity contribution in [3.63, 3.8) is 0 Å². The standard InChI is InChI=1S/C17H16N4O5S/c1-26-12-5-3-2-4-10(12)8-27-13-6-11(22)15(16-19-9-20-21(13)16)17(25)18-7-14(23)24/h2-6,9,22H,7-8H2,1H3,(H,18,25)(H,23,24). The van der Waals surface area contributed by atoms with Crippen LogP contribution in [0, 0.1) is 0 Å². The number of fused-ring (bicyclic) bond motifs is 1. The number of methoxy groups -OCH3 is 1. The topological polar surface area (TPSA) is 126 Å². The van der Waals surface area contributed by atoms with Gasteiger partial charge in [-0.1, -0.05) is 18.2 Å². The molecule has 2 heterocycles. The van der Waals surface area contributed by atoms with Gasteiger partial charge >= 0.3 is 5.97 Å². The molecule has 0 aliphatic rings. The van der Waals surface area contributed by atoms with Gasteiger partial charge in [-0.15, -0.1) is 11.8 Å². The number of hydrogen-bond donors (Lipinski definition) is 3. The summed E-state index contributed by atoms with van der Waals surface area (Å²) in [6, 6.07) is 8.96. The number of ether oxygens (including phenoxy) is 1. The van der Waals surface area contributed by atoms with Gasteiger partial charge in [0.25, 0.3) is 5.91 Å². The number of aliphatic carboxylic acids is 1. The molecule has 3 rings (SSSR count). The van der Waals surface area contributed by atoms with Crippen LogP contribution in [0.4, 0.5) is 0 Å². The molecule has 0 radical (unpaired) electrons. The molecule has 3 N–H and O–H groups in total. The lowest BCUT2D eigenvalue weighted by molar-refractivity contribution is -0.135. The van der Waals surface area contributed by atoms with Crippen molar-refractivity contribution in [1.82, 2.24) is 19.9 Å². The Morgan fingerprint density at radius 3 is 2.85 bits per heavy atom. The number of aromatic nitrogens is 3. The Morgan fingerprint density at radius 2 is 2.11 bits per heavy atom. The number of carboxylic acid groups (broad SMARTS) is 1. The summed E-state index contributed by atoms with van der Waals surface area (Å²) < 4.78 is 6.75. The zero-order valence-corrected chi connectivity index (χ0v) is 15.1. The lowest BCUT2D eigenvalue weighted by Crippen LogP contribution is -2.29. The van der Waals surface area contributed by atoms with E-state index in [1.165, 1.54) is 28.7 Å². The first kappa shape index (κ1) is 18.5. The van der Waals surface area contributed by atoms with Crippen LogP contribution in [0.1, 0.15) is 15.9 Å². The first-order valence-electron chi connectivity index (χ1n) is 7.81. The van der Waals surface area contributed by atoms with Crippen molar-refractivity contribution in [1.29, 1.82) is 0 Å². The minimum Gasteiger partial charge on any atom is -0.507 e. The number of amides is 1. The molecule has 3 aromatic rings. The highest BCUT2D eigenvalue weighted by molar-refractivity contribution is 7.98. The van der Waals surface area contributed by atoms with Gasteiger partial charge in [0.05, 0.1) is 7.11 Å². The van der Waals surface area contributed by atoms with Gasteiger partial charge < -0.3 is 20.3 Å².